The van der Waals surface area contributed by atoms with Crippen molar-refractivity contribution in [2.45, 2.75) is 25.4 Å². The van der Waals surface area contributed by atoms with Crippen LogP contribution in [0.5, 0.6) is 5.75 Å². The van der Waals surface area contributed by atoms with Crippen molar-refractivity contribution < 1.29 is 4.74 Å². The SMILES string of the molecule is C[C@H](NC1CCOc2ccccc21)c1ccccc1Br. The molecule has 0 aliphatic carbocycles. The van der Waals surface area contributed by atoms with Crippen molar-refractivity contribution >= 4 is 15.9 Å². The molecule has 0 spiro atoms. The maximum absolute atomic E-state index is 5.72. The van der Waals surface area contributed by atoms with Crippen LogP contribution in [0.4, 0.5) is 0 Å². The largest absolute Gasteiger partial charge is 0.493 e. The number of para-hydroxylation sites is 1. The molecule has 2 aromatic rings. The third-order valence-electron chi connectivity index (χ3n) is 3.78. The van der Waals surface area contributed by atoms with E-state index in [0.29, 0.717) is 12.1 Å². The first-order valence-electron chi connectivity index (χ1n) is 6.98. The Morgan fingerprint density at radius 1 is 1.15 bits per heavy atom. The molecular weight excluding hydrogens is 314 g/mol. The van der Waals surface area contributed by atoms with E-state index < -0.39 is 0 Å². The third-order valence-corrected chi connectivity index (χ3v) is 4.50. The predicted octanol–water partition coefficient (Wildman–Crippen LogP) is 4.62. The van der Waals surface area contributed by atoms with Gasteiger partial charge in [0.2, 0.25) is 0 Å². The highest BCUT2D eigenvalue weighted by Gasteiger charge is 2.23. The number of ether oxygens (including phenoxy) is 1. The van der Waals surface area contributed by atoms with Crippen molar-refractivity contribution in [1.29, 1.82) is 0 Å². The molecule has 0 amide bonds. The van der Waals surface area contributed by atoms with Crippen molar-refractivity contribution in [3.8, 4) is 5.75 Å². The van der Waals surface area contributed by atoms with Gasteiger partial charge in [0.05, 0.1) is 6.61 Å². The molecule has 2 atom stereocenters. The van der Waals surface area contributed by atoms with E-state index in [1.807, 2.05) is 18.2 Å². The van der Waals surface area contributed by atoms with Gasteiger partial charge in [-0.3, -0.25) is 0 Å². The Kier molecular flexibility index (Phi) is 4.08. The van der Waals surface area contributed by atoms with E-state index in [1.165, 1.54) is 11.1 Å². The molecule has 104 valence electrons. The fourth-order valence-electron chi connectivity index (χ4n) is 2.73. The van der Waals surface area contributed by atoms with E-state index in [4.69, 9.17) is 4.74 Å². The van der Waals surface area contributed by atoms with Crippen LogP contribution in [0.15, 0.2) is 53.0 Å². The molecule has 2 aromatic carbocycles. The quantitative estimate of drug-likeness (QED) is 0.885. The van der Waals surface area contributed by atoms with Crippen LogP contribution in [0.3, 0.4) is 0 Å². The molecule has 1 unspecified atom stereocenters. The molecule has 3 rings (SSSR count). The topological polar surface area (TPSA) is 21.3 Å². The molecule has 1 N–H and O–H groups in total. The summed E-state index contributed by atoms with van der Waals surface area (Å²) in [5, 5.41) is 3.72. The van der Waals surface area contributed by atoms with Crippen LogP contribution in [-0.4, -0.2) is 6.61 Å². The molecular formula is C17H18BrNO. The summed E-state index contributed by atoms with van der Waals surface area (Å²) in [6.07, 6.45) is 1.01. The molecule has 1 heterocycles. The summed E-state index contributed by atoms with van der Waals surface area (Å²) in [5.41, 5.74) is 2.55. The molecule has 20 heavy (non-hydrogen) atoms. The molecule has 3 heteroatoms. The van der Waals surface area contributed by atoms with Crippen LogP contribution in [-0.2, 0) is 0 Å². The molecule has 0 bridgehead atoms. The van der Waals surface area contributed by atoms with Gasteiger partial charge in [0.25, 0.3) is 0 Å². The van der Waals surface area contributed by atoms with E-state index in [0.717, 1.165) is 23.2 Å². The Morgan fingerprint density at radius 3 is 2.75 bits per heavy atom. The highest BCUT2D eigenvalue weighted by molar-refractivity contribution is 9.10. The van der Waals surface area contributed by atoms with Crippen molar-refractivity contribution in [2.75, 3.05) is 6.61 Å². The van der Waals surface area contributed by atoms with Crippen molar-refractivity contribution in [1.82, 2.24) is 5.32 Å². The van der Waals surface area contributed by atoms with Crippen molar-refractivity contribution in [3.05, 3.63) is 64.1 Å². The molecule has 0 fully saturated rings. The van der Waals surface area contributed by atoms with Crippen LogP contribution in [0.25, 0.3) is 0 Å². The predicted molar refractivity (Wildman–Crippen MR) is 85.0 cm³/mol. The standard InChI is InChI=1S/C17H18BrNO/c1-12(13-6-2-4-8-15(13)18)19-16-10-11-20-17-9-5-3-7-14(16)17/h2-9,12,16,19H,10-11H2,1H3/t12-,16?/m0/s1. The van der Waals surface area contributed by atoms with Crippen molar-refractivity contribution in [2.24, 2.45) is 0 Å². The first-order chi connectivity index (χ1) is 9.75. The molecule has 0 radical (unpaired) electrons. The monoisotopic (exact) mass is 331 g/mol. The Labute approximate surface area is 128 Å². The summed E-state index contributed by atoms with van der Waals surface area (Å²) in [7, 11) is 0. The lowest BCUT2D eigenvalue weighted by Crippen LogP contribution is -2.29. The van der Waals surface area contributed by atoms with E-state index >= 15 is 0 Å². The number of fused-ring (bicyclic) bond motifs is 1. The molecule has 0 aromatic heterocycles. The number of hydrogen-bond acceptors (Lipinski definition) is 2. The molecule has 1 aliphatic heterocycles. The Morgan fingerprint density at radius 2 is 1.90 bits per heavy atom. The Hall–Kier alpha value is -1.32. The minimum atomic E-state index is 0.293. The van der Waals surface area contributed by atoms with Gasteiger partial charge >= 0.3 is 0 Å². The highest BCUT2D eigenvalue weighted by Crippen LogP contribution is 2.34. The average molecular weight is 332 g/mol. The zero-order chi connectivity index (χ0) is 13.9. The summed E-state index contributed by atoms with van der Waals surface area (Å²) < 4.78 is 6.87. The Bertz CT molecular complexity index is 599. The third kappa shape index (κ3) is 2.74. The number of benzene rings is 2. The van der Waals surface area contributed by atoms with E-state index in [1.54, 1.807) is 0 Å². The first-order valence-corrected chi connectivity index (χ1v) is 7.77. The summed E-state index contributed by atoms with van der Waals surface area (Å²) in [6.45, 7) is 2.98. The lowest BCUT2D eigenvalue weighted by Gasteiger charge is -2.29. The number of nitrogens with one attached hydrogen (secondary N) is 1. The van der Waals surface area contributed by atoms with Crippen LogP contribution in [0.1, 0.15) is 36.6 Å². The minimum Gasteiger partial charge on any atom is -0.493 e. The average Bonchev–Trinajstić information content (AvgIpc) is 2.48. The van der Waals surface area contributed by atoms with Crippen LogP contribution >= 0.6 is 15.9 Å². The van der Waals surface area contributed by atoms with Gasteiger partial charge in [0.1, 0.15) is 5.75 Å². The summed E-state index contributed by atoms with van der Waals surface area (Å²) in [5.74, 6) is 1.01. The summed E-state index contributed by atoms with van der Waals surface area (Å²) >= 11 is 3.63. The van der Waals surface area contributed by atoms with Gasteiger partial charge in [-0.1, -0.05) is 52.3 Å². The fourth-order valence-corrected chi connectivity index (χ4v) is 3.36. The van der Waals surface area contributed by atoms with Crippen LogP contribution < -0.4 is 10.1 Å². The zero-order valence-electron chi connectivity index (χ0n) is 11.5. The number of halogens is 1. The summed E-state index contributed by atoms with van der Waals surface area (Å²) in [6, 6.07) is 17.3. The maximum Gasteiger partial charge on any atom is 0.124 e. The van der Waals surface area contributed by atoms with Gasteiger partial charge in [-0.25, -0.2) is 0 Å². The molecule has 1 aliphatic rings. The second kappa shape index (κ2) is 5.98. The van der Waals surface area contributed by atoms with Gasteiger partial charge < -0.3 is 10.1 Å². The minimum absolute atomic E-state index is 0.293. The lowest BCUT2D eigenvalue weighted by molar-refractivity contribution is 0.246. The highest BCUT2D eigenvalue weighted by atomic mass is 79.9. The van der Waals surface area contributed by atoms with Gasteiger partial charge in [0, 0.05) is 28.5 Å². The molecule has 0 saturated carbocycles. The second-order valence-corrected chi connectivity index (χ2v) is 5.99. The lowest BCUT2D eigenvalue weighted by atomic mass is 9.98. The van der Waals surface area contributed by atoms with E-state index in [-0.39, 0.29) is 0 Å². The maximum atomic E-state index is 5.72. The number of rotatable bonds is 3. The summed E-state index contributed by atoms with van der Waals surface area (Å²) in [4.78, 5) is 0. The molecule has 2 nitrogen and oxygen atoms in total. The molecule has 0 saturated heterocycles. The zero-order valence-corrected chi connectivity index (χ0v) is 13.1. The van der Waals surface area contributed by atoms with Gasteiger partial charge in [-0.15, -0.1) is 0 Å². The number of hydrogen-bond donors (Lipinski definition) is 1. The van der Waals surface area contributed by atoms with Crippen molar-refractivity contribution in [3.63, 3.8) is 0 Å². The first kappa shape index (κ1) is 13.7. The van der Waals surface area contributed by atoms with Crippen LogP contribution in [0, 0.1) is 0 Å². The second-order valence-electron chi connectivity index (χ2n) is 5.14. The van der Waals surface area contributed by atoms with Gasteiger partial charge in [-0.05, 0) is 24.6 Å². The Balaban J connectivity index is 1.81. The smallest absolute Gasteiger partial charge is 0.124 e. The van der Waals surface area contributed by atoms with Crippen LogP contribution in [0.2, 0.25) is 0 Å². The van der Waals surface area contributed by atoms with Gasteiger partial charge in [0.15, 0.2) is 0 Å². The fraction of sp³-hybridized carbons (Fsp3) is 0.294. The van der Waals surface area contributed by atoms with E-state index in [2.05, 4.69) is 58.5 Å². The van der Waals surface area contributed by atoms with E-state index in [9.17, 15) is 0 Å². The van der Waals surface area contributed by atoms with Gasteiger partial charge in [-0.2, -0.15) is 0 Å². The normalized spacial score (nSPS) is 19.0.